The van der Waals surface area contributed by atoms with Crippen LogP contribution in [0.5, 0.6) is 0 Å². The molecule has 1 heterocycles. The molecule has 0 aromatic carbocycles. The molecule has 0 saturated heterocycles. The number of aromatic amines is 1. The summed E-state index contributed by atoms with van der Waals surface area (Å²) in [6.07, 6.45) is 1.86. The van der Waals surface area contributed by atoms with Gasteiger partial charge in [-0.15, -0.1) is 0 Å². The Balaban J connectivity index is 2.34. The van der Waals surface area contributed by atoms with Crippen LogP contribution in [0.15, 0.2) is 12.3 Å². The quantitative estimate of drug-likeness (QED) is 0.691. The van der Waals surface area contributed by atoms with Gasteiger partial charge in [-0.3, -0.25) is 9.59 Å². The third kappa shape index (κ3) is 3.80. The molecule has 6 heteroatoms. The summed E-state index contributed by atoms with van der Waals surface area (Å²) in [5, 5.41) is 2.67. The molecule has 100 valence electrons. The molecule has 0 aliphatic heterocycles. The minimum absolute atomic E-state index is 0.0475. The number of amides is 2. The van der Waals surface area contributed by atoms with Crippen LogP contribution in [0.2, 0.25) is 0 Å². The maximum absolute atomic E-state index is 11.7. The molecule has 4 N–H and O–H groups in total. The van der Waals surface area contributed by atoms with Gasteiger partial charge in [0.2, 0.25) is 5.91 Å². The first-order valence-electron chi connectivity index (χ1n) is 6.08. The van der Waals surface area contributed by atoms with Crippen molar-refractivity contribution in [3.05, 3.63) is 18.0 Å². The molecule has 0 atom stereocenters. The molecule has 0 radical (unpaired) electrons. The lowest BCUT2D eigenvalue weighted by Gasteiger charge is -2.18. The lowest BCUT2D eigenvalue weighted by molar-refractivity contribution is -0.130. The summed E-state index contributed by atoms with van der Waals surface area (Å²) in [5.74, 6) is -0.203. The zero-order chi connectivity index (χ0) is 13.5. The highest BCUT2D eigenvalue weighted by molar-refractivity contribution is 5.93. The van der Waals surface area contributed by atoms with Crippen molar-refractivity contribution in [1.29, 1.82) is 0 Å². The van der Waals surface area contributed by atoms with E-state index >= 15 is 0 Å². The van der Waals surface area contributed by atoms with E-state index in [1.54, 1.807) is 17.2 Å². The fraction of sp³-hybridized carbons (Fsp3) is 0.500. The van der Waals surface area contributed by atoms with Gasteiger partial charge in [-0.1, -0.05) is 0 Å². The van der Waals surface area contributed by atoms with Crippen LogP contribution in [0.4, 0.5) is 5.69 Å². The van der Waals surface area contributed by atoms with Crippen molar-refractivity contribution in [2.24, 2.45) is 0 Å². The average molecular weight is 252 g/mol. The molecule has 0 spiro atoms. The predicted molar refractivity (Wildman–Crippen MR) is 70.1 cm³/mol. The number of carbonyl (C=O) groups is 2. The summed E-state index contributed by atoms with van der Waals surface area (Å²) >= 11 is 0. The third-order valence-electron chi connectivity index (χ3n) is 2.69. The zero-order valence-electron chi connectivity index (χ0n) is 10.8. The Morgan fingerprint density at radius 1 is 1.39 bits per heavy atom. The minimum atomic E-state index is -0.251. The van der Waals surface area contributed by atoms with Crippen molar-refractivity contribution in [1.82, 2.24) is 15.2 Å². The predicted octanol–water partition coefficient (Wildman–Crippen LogP) is 0.585. The topological polar surface area (TPSA) is 91.2 Å². The molecule has 1 aromatic heterocycles. The second-order valence-electron chi connectivity index (χ2n) is 3.92. The summed E-state index contributed by atoms with van der Waals surface area (Å²) < 4.78 is 0. The number of nitrogens with two attached hydrogens (primary N) is 1. The summed E-state index contributed by atoms with van der Waals surface area (Å²) in [4.78, 5) is 27.8. The van der Waals surface area contributed by atoms with Gasteiger partial charge in [0.05, 0.1) is 0 Å². The molecule has 6 nitrogen and oxygen atoms in total. The van der Waals surface area contributed by atoms with Gasteiger partial charge in [-0.25, -0.2) is 0 Å². The number of nitrogens with one attached hydrogen (secondary N) is 2. The molecule has 0 bridgehead atoms. The number of H-pyrrole nitrogens is 1. The van der Waals surface area contributed by atoms with E-state index in [0.29, 0.717) is 37.4 Å². The number of aromatic nitrogens is 1. The minimum Gasteiger partial charge on any atom is -0.397 e. The van der Waals surface area contributed by atoms with Crippen molar-refractivity contribution in [3.8, 4) is 0 Å². The van der Waals surface area contributed by atoms with E-state index in [9.17, 15) is 9.59 Å². The monoisotopic (exact) mass is 252 g/mol. The Hall–Kier alpha value is -1.98. The number of hydrogen-bond acceptors (Lipinski definition) is 3. The van der Waals surface area contributed by atoms with Crippen LogP contribution < -0.4 is 11.1 Å². The molecule has 2 amide bonds. The highest BCUT2D eigenvalue weighted by atomic mass is 16.2. The molecule has 18 heavy (non-hydrogen) atoms. The van der Waals surface area contributed by atoms with Crippen LogP contribution >= 0.6 is 0 Å². The summed E-state index contributed by atoms with van der Waals surface area (Å²) in [5.41, 5.74) is 6.42. The summed E-state index contributed by atoms with van der Waals surface area (Å²) in [7, 11) is 0. The largest absolute Gasteiger partial charge is 0.397 e. The molecule has 0 aliphatic rings. The van der Waals surface area contributed by atoms with Crippen LogP contribution in [0.1, 0.15) is 30.8 Å². The van der Waals surface area contributed by atoms with Crippen LogP contribution in [-0.2, 0) is 4.79 Å². The Bertz CT molecular complexity index is 410. The molecule has 0 saturated carbocycles. The van der Waals surface area contributed by atoms with E-state index in [1.807, 2.05) is 13.8 Å². The molecule has 0 unspecified atom stereocenters. The highest BCUT2D eigenvalue weighted by Crippen LogP contribution is 2.03. The fourth-order valence-electron chi connectivity index (χ4n) is 1.65. The maximum atomic E-state index is 11.7. The Kier molecular flexibility index (Phi) is 5.23. The number of hydrogen-bond donors (Lipinski definition) is 3. The van der Waals surface area contributed by atoms with Crippen molar-refractivity contribution < 1.29 is 9.59 Å². The van der Waals surface area contributed by atoms with Gasteiger partial charge in [-0.05, 0) is 19.9 Å². The smallest absolute Gasteiger partial charge is 0.267 e. The first kappa shape index (κ1) is 14.1. The van der Waals surface area contributed by atoms with Gasteiger partial charge in [0, 0.05) is 37.9 Å². The number of nitrogens with zero attached hydrogens (tertiary/aromatic N) is 1. The van der Waals surface area contributed by atoms with Gasteiger partial charge < -0.3 is 20.9 Å². The van der Waals surface area contributed by atoms with Crippen molar-refractivity contribution in [2.45, 2.75) is 20.3 Å². The second kappa shape index (κ2) is 6.68. The lowest BCUT2D eigenvalue weighted by atomic mass is 10.3. The van der Waals surface area contributed by atoms with Crippen LogP contribution in [0.25, 0.3) is 0 Å². The first-order chi connectivity index (χ1) is 8.58. The molecule has 0 fully saturated rings. The van der Waals surface area contributed by atoms with Gasteiger partial charge in [0.1, 0.15) is 5.69 Å². The lowest BCUT2D eigenvalue weighted by Crippen LogP contribution is -2.34. The van der Waals surface area contributed by atoms with E-state index in [0.717, 1.165) is 0 Å². The molecule has 0 aliphatic carbocycles. The van der Waals surface area contributed by atoms with Crippen LogP contribution in [0.3, 0.4) is 0 Å². The highest BCUT2D eigenvalue weighted by Gasteiger charge is 2.11. The van der Waals surface area contributed by atoms with Gasteiger partial charge in [0.25, 0.3) is 5.91 Å². The normalized spacial score (nSPS) is 10.1. The first-order valence-corrected chi connectivity index (χ1v) is 6.08. The number of rotatable bonds is 6. The summed E-state index contributed by atoms with van der Waals surface area (Å²) in [6, 6.07) is 1.56. The van der Waals surface area contributed by atoms with E-state index in [-0.39, 0.29) is 11.8 Å². The fourth-order valence-corrected chi connectivity index (χ4v) is 1.65. The van der Waals surface area contributed by atoms with E-state index in [4.69, 9.17) is 5.73 Å². The van der Waals surface area contributed by atoms with E-state index < -0.39 is 0 Å². The number of anilines is 1. The number of carbonyl (C=O) groups excluding carboxylic acids is 2. The van der Waals surface area contributed by atoms with Gasteiger partial charge in [0.15, 0.2) is 0 Å². The third-order valence-corrected chi connectivity index (χ3v) is 2.69. The Morgan fingerprint density at radius 3 is 2.56 bits per heavy atom. The molecule has 1 aromatic rings. The Morgan fingerprint density at radius 2 is 2.06 bits per heavy atom. The molecular formula is C12H20N4O2. The van der Waals surface area contributed by atoms with Crippen LogP contribution in [0, 0.1) is 0 Å². The Labute approximate surface area is 107 Å². The van der Waals surface area contributed by atoms with Gasteiger partial charge in [-0.2, -0.15) is 0 Å². The zero-order valence-corrected chi connectivity index (χ0v) is 10.8. The van der Waals surface area contributed by atoms with E-state index in [2.05, 4.69) is 10.3 Å². The van der Waals surface area contributed by atoms with Crippen molar-refractivity contribution in [2.75, 3.05) is 25.4 Å². The van der Waals surface area contributed by atoms with Crippen molar-refractivity contribution in [3.63, 3.8) is 0 Å². The van der Waals surface area contributed by atoms with Crippen LogP contribution in [-0.4, -0.2) is 41.3 Å². The SMILES string of the molecule is CCN(CC)C(=O)CCNC(=O)c1cc(N)c[nH]1. The number of nitrogen functional groups attached to an aromatic ring is 1. The average Bonchev–Trinajstić information content (AvgIpc) is 2.77. The van der Waals surface area contributed by atoms with Gasteiger partial charge >= 0.3 is 0 Å². The second-order valence-corrected chi connectivity index (χ2v) is 3.92. The molecule has 1 rings (SSSR count). The standard InChI is InChI=1S/C12H20N4O2/c1-3-16(4-2)11(17)5-6-14-12(18)10-7-9(13)8-15-10/h7-8,15H,3-6,13H2,1-2H3,(H,14,18). The summed E-state index contributed by atoms with van der Waals surface area (Å²) in [6.45, 7) is 5.57. The van der Waals surface area contributed by atoms with Crippen molar-refractivity contribution >= 4 is 17.5 Å². The van der Waals surface area contributed by atoms with E-state index in [1.165, 1.54) is 0 Å². The molecular weight excluding hydrogens is 232 g/mol. The maximum Gasteiger partial charge on any atom is 0.267 e.